The van der Waals surface area contributed by atoms with Crippen molar-refractivity contribution in [3.8, 4) is 0 Å². The van der Waals surface area contributed by atoms with E-state index in [2.05, 4.69) is 14.9 Å². The van der Waals surface area contributed by atoms with Gasteiger partial charge in [0.25, 0.3) is 0 Å². The summed E-state index contributed by atoms with van der Waals surface area (Å²) in [5.41, 5.74) is 0. The van der Waals surface area contributed by atoms with Gasteiger partial charge in [-0.1, -0.05) is 23.2 Å². The van der Waals surface area contributed by atoms with E-state index in [1.165, 1.54) is 18.9 Å². The van der Waals surface area contributed by atoms with Gasteiger partial charge in [-0.25, -0.2) is 9.97 Å². The van der Waals surface area contributed by atoms with Gasteiger partial charge in [0, 0.05) is 6.07 Å². The second-order valence-electron chi connectivity index (χ2n) is 3.81. The molecule has 0 atom stereocenters. The normalized spacial score (nSPS) is 14.7. The fraction of sp³-hybridized carbons (Fsp3) is 0.636. The molecule has 1 saturated heterocycles. The summed E-state index contributed by atoms with van der Waals surface area (Å²) in [5, 5.41) is 10.8. The first-order valence-corrected chi connectivity index (χ1v) is 6.34. The van der Waals surface area contributed by atoms with E-state index in [4.69, 9.17) is 23.2 Å². The summed E-state index contributed by atoms with van der Waals surface area (Å²) >= 11 is 11.0. The van der Waals surface area contributed by atoms with Crippen molar-refractivity contribution in [1.29, 1.82) is 0 Å². The zero-order chi connectivity index (χ0) is 12.7. The fourth-order valence-electron chi connectivity index (χ4n) is 1.63. The molecule has 18 heavy (non-hydrogen) atoms. The van der Waals surface area contributed by atoms with E-state index in [9.17, 15) is 5.11 Å². The van der Waals surface area contributed by atoms with E-state index in [1.807, 2.05) is 0 Å². The maximum absolute atomic E-state index is 10.0. The van der Waals surface area contributed by atoms with Crippen LogP contribution in [-0.4, -0.2) is 41.1 Å². The molecule has 1 aromatic rings. The Balaban J connectivity index is 0.000000306. The molecule has 0 saturated carbocycles. The minimum absolute atomic E-state index is 0. The molecule has 96 valence electrons. The maximum atomic E-state index is 10.0. The van der Waals surface area contributed by atoms with Crippen LogP contribution in [0.2, 0.25) is 10.3 Å². The van der Waals surface area contributed by atoms with Crippen molar-refractivity contribution < 1.29 is 34.7 Å². The first kappa shape index (κ1) is 18.6. The Hall–Kier alpha value is 0.580. The van der Waals surface area contributed by atoms with Gasteiger partial charge in [0.15, 0.2) is 0 Å². The monoisotopic (exact) mass is 299 g/mol. The molecule has 1 aliphatic rings. The summed E-state index contributed by atoms with van der Waals surface area (Å²) in [7, 11) is 0. The van der Waals surface area contributed by atoms with Gasteiger partial charge in [0.05, 0.1) is 0 Å². The van der Waals surface area contributed by atoms with E-state index >= 15 is 0 Å². The Bertz CT molecular complexity index is 299. The largest absolute Gasteiger partial charge is 1.00 e. The molecule has 0 aromatic carbocycles. The number of likely N-dealkylation sites (tertiary alicyclic amines) is 1. The fourth-order valence-corrected chi connectivity index (χ4v) is 2.14. The minimum Gasteiger partial charge on any atom is -0.854 e. The summed E-state index contributed by atoms with van der Waals surface area (Å²) in [6.07, 6.45) is 2.58. The van der Waals surface area contributed by atoms with Crippen LogP contribution in [-0.2, 0) is 0 Å². The van der Waals surface area contributed by atoms with Gasteiger partial charge < -0.3 is 10.0 Å². The minimum atomic E-state index is 0. The quantitative estimate of drug-likeness (QED) is 0.495. The molecule has 1 aromatic heterocycles. The van der Waals surface area contributed by atoms with Crippen LogP contribution in [0.3, 0.4) is 0 Å². The van der Waals surface area contributed by atoms with Gasteiger partial charge in [0.2, 0.25) is 0 Å². The number of halogens is 2. The Morgan fingerprint density at radius 1 is 1.22 bits per heavy atom. The SMILES string of the molecule is Cc1nc(Cl)cc(Cl)n1.[Na+].[O-]CCN1CCCC1. The Labute approximate surface area is 140 Å². The van der Waals surface area contributed by atoms with Crippen molar-refractivity contribution in [1.82, 2.24) is 14.9 Å². The molecular formula is C11H16Cl2N3NaO. The van der Waals surface area contributed by atoms with Crippen molar-refractivity contribution >= 4 is 23.2 Å². The van der Waals surface area contributed by atoms with E-state index in [0.29, 0.717) is 16.1 Å². The van der Waals surface area contributed by atoms with Crippen LogP contribution in [0, 0.1) is 6.92 Å². The van der Waals surface area contributed by atoms with E-state index < -0.39 is 0 Å². The second-order valence-corrected chi connectivity index (χ2v) is 4.59. The van der Waals surface area contributed by atoms with Crippen molar-refractivity contribution in [3.05, 3.63) is 22.2 Å². The van der Waals surface area contributed by atoms with Crippen LogP contribution >= 0.6 is 23.2 Å². The molecule has 0 unspecified atom stereocenters. The van der Waals surface area contributed by atoms with Crippen molar-refractivity contribution in [2.45, 2.75) is 19.8 Å². The molecule has 0 N–H and O–H groups in total. The third-order valence-corrected chi connectivity index (χ3v) is 2.77. The molecule has 4 nitrogen and oxygen atoms in total. The van der Waals surface area contributed by atoms with Crippen LogP contribution in [0.4, 0.5) is 0 Å². The summed E-state index contributed by atoms with van der Waals surface area (Å²) in [5.74, 6) is 0.590. The van der Waals surface area contributed by atoms with Crippen LogP contribution in [0.1, 0.15) is 18.7 Å². The second kappa shape index (κ2) is 10.4. The molecule has 0 aliphatic carbocycles. The summed E-state index contributed by atoms with van der Waals surface area (Å²) in [6.45, 7) is 4.88. The van der Waals surface area contributed by atoms with E-state index in [0.717, 1.165) is 19.6 Å². The predicted octanol–water partition coefficient (Wildman–Crippen LogP) is -1.46. The van der Waals surface area contributed by atoms with Crippen LogP contribution < -0.4 is 34.7 Å². The Morgan fingerprint density at radius 2 is 1.72 bits per heavy atom. The standard InChI is InChI=1S/C6H12NO.C5H4Cl2N2.Na/c8-6-5-7-3-1-2-4-7;1-3-8-4(6)2-5(7)9-3;/h1-6H2;2H,1H3;/q-1;;+1. The molecular weight excluding hydrogens is 284 g/mol. The van der Waals surface area contributed by atoms with Gasteiger partial charge in [-0.3, -0.25) is 0 Å². The Kier molecular flexibility index (Phi) is 10.7. The number of nitrogens with zero attached hydrogens (tertiary/aromatic N) is 3. The van der Waals surface area contributed by atoms with Gasteiger partial charge in [-0.15, -0.1) is 6.61 Å². The van der Waals surface area contributed by atoms with Crippen molar-refractivity contribution in [3.63, 3.8) is 0 Å². The van der Waals surface area contributed by atoms with Crippen molar-refractivity contribution in [2.75, 3.05) is 26.2 Å². The first-order chi connectivity index (χ1) is 8.11. The molecule has 1 fully saturated rings. The Morgan fingerprint density at radius 3 is 2.11 bits per heavy atom. The predicted molar refractivity (Wildman–Crippen MR) is 67.3 cm³/mol. The summed E-state index contributed by atoms with van der Waals surface area (Å²) in [4.78, 5) is 9.84. The maximum Gasteiger partial charge on any atom is 1.00 e. The number of hydrogen-bond acceptors (Lipinski definition) is 4. The molecule has 1 aliphatic heterocycles. The number of aromatic nitrogens is 2. The molecule has 2 rings (SSSR count). The average Bonchev–Trinajstić information content (AvgIpc) is 2.69. The van der Waals surface area contributed by atoms with Gasteiger partial charge in [-0.05, 0) is 39.4 Å². The number of rotatable bonds is 2. The zero-order valence-corrected chi connectivity index (χ0v) is 14.3. The van der Waals surface area contributed by atoms with Crippen LogP contribution in [0.15, 0.2) is 6.07 Å². The smallest absolute Gasteiger partial charge is 0.854 e. The molecule has 0 radical (unpaired) electrons. The van der Waals surface area contributed by atoms with Gasteiger partial charge in [0.1, 0.15) is 16.1 Å². The average molecular weight is 300 g/mol. The molecule has 0 amide bonds. The van der Waals surface area contributed by atoms with Crippen LogP contribution in [0.5, 0.6) is 0 Å². The number of hydrogen-bond donors (Lipinski definition) is 0. The molecule has 0 spiro atoms. The number of aryl methyl sites for hydroxylation is 1. The molecule has 2 heterocycles. The summed E-state index contributed by atoms with van der Waals surface area (Å²) in [6, 6.07) is 1.50. The zero-order valence-electron chi connectivity index (χ0n) is 10.8. The van der Waals surface area contributed by atoms with Crippen molar-refractivity contribution in [2.24, 2.45) is 0 Å². The topological polar surface area (TPSA) is 52.1 Å². The first-order valence-electron chi connectivity index (χ1n) is 5.59. The molecule has 7 heteroatoms. The van der Waals surface area contributed by atoms with Gasteiger partial charge in [-0.2, -0.15) is 0 Å². The molecule has 0 bridgehead atoms. The van der Waals surface area contributed by atoms with Crippen LogP contribution in [0.25, 0.3) is 0 Å². The third-order valence-electron chi connectivity index (χ3n) is 2.38. The van der Waals surface area contributed by atoms with E-state index in [1.54, 1.807) is 6.92 Å². The third kappa shape index (κ3) is 7.89. The summed E-state index contributed by atoms with van der Waals surface area (Å²) < 4.78 is 0. The van der Waals surface area contributed by atoms with Gasteiger partial charge >= 0.3 is 29.6 Å². The van der Waals surface area contributed by atoms with E-state index in [-0.39, 0.29) is 36.2 Å².